The van der Waals surface area contributed by atoms with Gasteiger partial charge in [0, 0.05) is 6.42 Å². The molecular weight excluding hydrogens is 200 g/mol. The van der Waals surface area contributed by atoms with E-state index in [1.165, 1.54) is 12.8 Å². The molecule has 0 fully saturated rings. The first kappa shape index (κ1) is 15.5. The number of carbonyl (C=O) groups excluding carboxylic acids is 1. The normalized spacial score (nSPS) is 13.2. The van der Waals surface area contributed by atoms with Gasteiger partial charge < -0.3 is 4.74 Å². The van der Waals surface area contributed by atoms with Gasteiger partial charge >= 0.3 is 5.97 Å². The molecule has 0 amide bonds. The van der Waals surface area contributed by atoms with E-state index in [2.05, 4.69) is 34.6 Å². The van der Waals surface area contributed by atoms with Crippen molar-refractivity contribution in [1.82, 2.24) is 0 Å². The third-order valence-corrected chi connectivity index (χ3v) is 2.66. The topological polar surface area (TPSA) is 26.3 Å². The van der Waals surface area contributed by atoms with Gasteiger partial charge in [-0.25, -0.2) is 0 Å². The Morgan fingerprint density at radius 2 is 1.56 bits per heavy atom. The minimum atomic E-state index is -0.0369. The van der Waals surface area contributed by atoms with Gasteiger partial charge in [-0.15, -0.1) is 0 Å². The molecule has 2 heteroatoms. The largest absolute Gasteiger partial charge is 0.465 e. The zero-order valence-electron chi connectivity index (χ0n) is 11.6. The molecule has 0 saturated heterocycles. The molecule has 0 aliphatic heterocycles. The van der Waals surface area contributed by atoms with Crippen LogP contribution in [0.2, 0.25) is 0 Å². The van der Waals surface area contributed by atoms with E-state index >= 15 is 0 Å². The third-order valence-electron chi connectivity index (χ3n) is 2.66. The molecule has 0 heterocycles. The van der Waals surface area contributed by atoms with Gasteiger partial charge in [-0.1, -0.05) is 47.5 Å². The monoisotopic (exact) mass is 228 g/mol. The smallest absolute Gasteiger partial charge is 0.305 e. The van der Waals surface area contributed by atoms with E-state index in [9.17, 15) is 4.79 Å². The Labute approximate surface area is 101 Å². The van der Waals surface area contributed by atoms with Gasteiger partial charge in [0.1, 0.15) is 0 Å². The van der Waals surface area contributed by atoms with E-state index in [1.807, 2.05) is 0 Å². The number of hydrogen-bond donors (Lipinski definition) is 0. The zero-order chi connectivity index (χ0) is 12.6. The highest BCUT2D eigenvalue weighted by atomic mass is 16.5. The van der Waals surface area contributed by atoms with E-state index in [4.69, 9.17) is 4.74 Å². The summed E-state index contributed by atoms with van der Waals surface area (Å²) in [6, 6.07) is 0. The summed E-state index contributed by atoms with van der Waals surface area (Å²) >= 11 is 0. The highest BCUT2D eigenvalue weighted by Gasteiger charge is 2.09. The Morgan fingerprint density at radius 1 is 0.938 bits per heavy atom. The van der Waals surface area contributed by atoms with Gasteiger partial charge in [0.05, 0.1) is 6.61 Å². The van der Waals surface area contributed by atoms with Crippen LogP contribution in [0.1, 0.15) is 60.3 Å². The van der Waals surface area contributed by atoms with Crippen LogP contribution in [0.5, 0.6) is 0 Å². The highest BCUT2D eigenvalue weighted by molar-refractivity contribution is 5.69. The average molecular weight is 228 g/mol. The van der Waals surface area contributed by atoms with Gasteiger partial charge in [-0.3, -0.25) is 4.79 Å². The lowest BCUT2D eigenvalue weighted by Crippen LogP contribution is -2.11. The lowest BCUT2D eigenvalue weighted by molar-refractivity contribution is -0.145. The molecule has 2 nitrogen and oxygen atoms in total. The third kappa shape index (κ3) is 10.0. The van der Waals surface area contributed by atoms with Crippen molar-refractivity contribution < 1.29 is 9.53 Å². The van der Waals surface area contributed by atoms with Crippen LogP contribution >= 0.6 is 0 Å². The van der Waals surface area contributed by atoms with E-state index in [0.29, 0.717) is 24.9 Å². The van der Waals surface area contributed by atoms with Gasteiger partial charge in [0.15, 0.2) is 0 Å². The molecule has 0 N–H and O–H groups in total. The first-order valence-electron chi connectivity index (χ1n) is 6.57. The molecule has 1 unspecified atom stereocenters. The van der Waals surface area contributed by atoms with Crippen LogP contribution in [-0.2, 0) is 9.53 Å². The number of carbonyl (C=O) groups is 1. The summed E-state index contributed by atoms with van der Waals surface area (Å²) in [5.41, 5.74) is 0. The maximum atomic E-state index is 11.4. The second-order valence-corrected chi connectivity index (χ2v) is 5.69. The SMILES string of the molecule is CC(C)CCC(C)CCC(=O)OCC(C)C. The van der Waals surface area contributed by atoms with Gasteiger partial charge in [-0.2, -0.15) is 0 Å². The minimum absolute atomic E-state index is 0.0369. The summed E-state index contributed by atoms with van der Waals surface area (Å²) < 4.78 is 5.14. The van der Waals surface area contributed by atoms with Crippen LogP contribution < -0.4 is 0 Å². The van der Waals surface area contributed by atoms with Crippen molar-refractivity contribution in [3.05, 3.63) is 0 Å². The summed E-state index contributed by atoms with van der Waals surface area (Å²) in [6.45, 7) is 11.4. The molecule has 0 spiro atoms. The molecule has 16 heavy (non-hydrogen) atoms. The molecule has 0 radical (unpaired) electrons. The van der Waals surface area contributed by atoms with E-state index in [1.54, 1.807) is 0 Å². The van der Waals surface area contributed by atoms with Crippen LogP contribution in [0.3, 0.4) is 0 Å². The summed E-state index contributed by atoms with van der Waals surface area (Å²) in [7, 11) is 0. The number of rotatable bonds is 8. The molecule has 96 valence electrons. The van der Waals surface area contributed by atoms with E-state index in [0.717, 1.165) is 12.3 Å². The predicted octanol–water partition coefficient (Wildman–Crippen LogP) is 4.04. The quantitative estimate of drug-likeness (QED) is 0.586. The Balaban J connectivity index is 3.51. The summed E-state index contributed by atoms with van der Waals surface area (Å²) in [5.74, 6) is 1.79. The van der Waals surface area contributed by atoms with Crippen LogP contribution in [0, 0.1) is 17.8 Å². The molecule has 0 aromatic heterocycles. The van der Waals surface area contributed by atoms with Crippen molar-refractivity contribution in [1.29, 1.82) is 0 Å². The molecule has 0 saturated carbocycles. The van der Waals surface area contributed by atoms with Crippen LogP contribution in [0.25, 0.3) is 0 Å². The number of hydrogen-bond acceptors (Lipinski definition) is 2. The second kappa shape index (κ2) is 8.60. The Morgan fingerprint density at radius 3 is 2.06 bits per heavy atom. The van der Waals surface area contributed by atoms with Crippen LogP contribution in [0.4, 0.5) is 0 Å². The van der Waals surface area contributed by atoms with Gasteiger partial charge in [0.2, 0.25) is 0 Å². The Bertz CT molecular complexity index is 185. The van der Waals surface area contributed by atoms with Crippen molar-refractivity contribution in [2.24, 2.45) is 17.8 Å². The molecule has 1 atom stereocenters. The van der Waals surface area contributed by atoms with Crippen molar-refractivity contribution in [2.75, 3.05) is 6.61 Å². The average Bonchev–Trinajstić information content (AvgIpc) is 2.20. The second-order valence-electron chi connectivity index (χ2n) is 5.69. The molecule has 0 rings (SSSR count). The predicted molar refractivity (Wildman–Crippen MR) is 68.3 cm³/mol. The van der Waals surface area contributed by atoms with E-state index < -0.39 is 0 Å². The number of esters is 1. The van der Waals surface area contributed by atoms with Crippen molar-refractivity contribution in [3.63, 3.8) is 0 Å². The fourth-order valence-corrected chi connectivity index (χ4v) is 1.46. The standard InChI is InChI=1S/C14H28O2/c1-11(2)6-7-13(5)8-9-14(15)16-10-12(3)4/h11-13H,6-10H2,1-5H3. The number of ether oxygens (including phenoxy) is 1. The Hall–Kier alpha value is -0.530. The summed E-state index contributed by atoms with van der Waals surface area (Å²) in [4.78, 5) is 11.4. The van der Waals surface area contributed by atoms with Gasteiger partial charge in [-0.05, 0) is 24.2 Å². The fraction of sp³-hybridized carbons (Fsp3) is 0.929. The maximum Gasteiger partial charge on any atom is 0.305 e. The lowest BCUT2D eigenvalue weighted by Gasteiger charge is -2.12. The fourth-order valence-electron chi connectivity index (χ4n) is 1.46. The summed E-state index contributed by atoms with van der Waals surface area (Å²) in [5, 5.41) is 0. The van der Waals surface area contributed by atoms with E-state index in [-0.39, 0.29) is 5.97 Å². The molecule has 0 aromatic carbocycles. The Kier molecular flexibility index (Phi) is 8.32. The van der Waals surface area contributed by atoms with Crippen molar-refractivity contribution in [2.45, 2.75) is 60.3 Å². The summed E-state index contributed by atoms with van der Waals surface area (Å²) in [6.07, 6.45) is 4.01. The molecular formula is C14H28O2. The van der Waals surface area contributed by atoms with Crippen LogP contribution in [-0.4, -0.2) is 12.6 Å². The molecule has 0 aliphatic carbocycles. The molecule has 0 aromatic rings. The highest BCUT2D eigenvalue weighted by Crippen LogP contribution is 2.16. The van der Waals surface area contributed by atoms with Crippen molar-refractivity contribution in [3.8, 4) is 0 Å². The van der Waals surface area contributed by atoms with Gasteiger partial charge in [0.25, 0.3) is 0 Å². The maximum absolute atomic E-state index is 11.4. The van der Waals surface area contributed by atoms with Crippen LogP contribution in [0.15, 0.2) is 0 Å². The first-order valence-corrected chi connectivity index (χ1v) is 6.57. The minimum Gasteiger partial charge on any atom is -0.465 e. The molecule has 0 aliphatic rings. The first-order chi connectivity index (χ1) is 7.41. The lowest BCUT2D eigenvalue weighted by atomic mass is 9.96. The zero-order valence-corrected chi connectivity index (χ0v) is 11.6. The van der Waals surface area contributed by atoms with Crippen molar-refractivity contribution >= 4 is 5.97 Å². The molecule has 0 bridgehead atoms.